The average molecular weight is 307 g/mol. The Balaban J connectivity index is 2.51. The van der Waals surface area contributed by atoms with Crippen molar-refractivity contribution in [3.05, 3.63) is 47.5 Å². The van der Waals surface area contributed by atoms with Crippen LogP contribution in [0.2, 0.25) is 0 Å². The van der Waals surface area contributed by atoms with Crippen LogP contribution in [-0.2, 0) is 4.79 Å². The van der Waals surface area contributed by atoms with Gasteiger partial charge >= 0.3 is 0 Å². The van der Waals surface area contributed by atoms with Gasteiger partial charge in [0.05, 0.1) is 0 Å². The summed E-state index contributed by atoms with van der Waals surface area (Å²) < 4.78 is 0. The monoisotopic (exact) mass is 307 g/mol. The molecule has 0 aromatic heterocycles. The standard InChI is InChI=1S/C19H21N3O/c1-4-22(5-2)17-9-8-15-10-14(6-7-16(15)11-17)13(3)18(12-20)19(21)23/h6-11H,4-5H2,1-3H3,(H2,21,23)/b18-13+. The maximum atomic E-state index is 11.3. The minimum Gasteiger partial charge on any atom is -0.372 e. The predicted molar refractivity (Wildman–Crippen MR) is 94.9 cm³/mol. The van der Waals surface area contributed by atoms with Crippen molar-refractivity contribution >= 4 is 27.9 Å². The lowest BCUT2D eigenvalue weighted by Crippen LogP contribution is -2.21. The molecule has 2 aromatic carbocycles. The number of primary amides is 1. The molecule has 0 bridgehead atoms. The SMILES string of the molecule is CCN(CC)c1ccc2cc(/C(C)=C(\C#N)C(N)=O)ccc2c1. The van der Waals surface area contributed by atoms with E-state index in [4.69, 9.17) is 11.0 Å². The van der Waals surface area contributed by atoms with E-state index < -0.39 is 5.91 Å². The molecule has 2 rings (SSSR count). The van der Waals surface area contributed by atoms with Crippen LogP contribution in [0.25, 0.3) is 16.3 Å². The van der Waals surface area contributed by atoms with Gasteiger partial charge in [-0.1, -0.05) is 18.2 Å². The van der Waals surface area contributed by atoms with Gasteiger partial charge in [0, 0.05) is 18.8 Å². The first-order chi connectivity index (χ1) is 11.0. The van der Waals surface area contributed by atoms with E-state index in [-0.39, 0.29) is 5.57 Å². The number of hydrogen-bond acceptors (Lipinski definition) is 3. The first kappa shape index (κ1) is 16.6. The van der Waals surface area contributed by atoms with Gasteiger partial charge in [0.1, 0.15) is 11.6 Å². The van der Waals surface area contributed by atoms with Crippen molar-refractivity contribution in [2.24, 2.45) is 5.73 Å². The topological polar surface area (TPSA) is 70.1 Å². The second kappa shape index (κ2) is 6.97. The van der Waals surface area contributed by atoms with E-state index in [9.17, 15) is 4.79 Å². The van der Waals surface area contributed by atoms with Crippen molar-refractivity contribution < 1.29 is 4.79 Å². The number of carbonyl (C=O) groups is 1. The molecule has 0 saturated carbocycles. The largest absolute Gasteiger partial charge is 0.372 e. The number of hydrogen-bond donors (Lipinski definition) is 1. The third kappa shape index (κ3) is 3.35. The molecule has 0 aliphatic rings. The molecule has 0 unspecified atom stereocenters. The van der Waals surface area contributed by atoms with Gasteiger partial charge in [0.15, 0.2) is 0 Å². The highest BCUT2D eigenvalue weighted by Crippen LogP contribution is 2.26. The molecule has 0 saturated heterocycles. The highest BCUT2D eigenvalue weighted by Gasteiger charge is 2.11. The van der Waals surface area contributed by atoms with Crippen molar-refractivity contribution in [1.82, 2.24) is 0 Å². The molecular formula is C19H21N3O. The van der Waals surface area contributed by atoms with Crippen LogP contribution < -0.4 is 10.6 Å². The molecule has 0 heterocycles. The fourth-order valence-corrected chi connectivity index (χ4v) is 2.72. The highest BCUT2D eigenvalue weighted by molar-refractivity contribution is 6.04. The van der Waals surface area contributed by atoms with Gasteiger partial charge in [0.25, 0.3) is 5.91 Å². The lowest BCUT2D eigenvalue weighted by molar-refractivity contribution is -0.114. The normalized spacial score (nSPS) is 11.7. The van der Waals surface area contributed by atoms with E-state index in [1.165, 1.54) is 5.69 Å². The quantitative estimate of drug-likeness (QED) is 0.679. The molecule has 4 nitrogen and oxygen atoms in total. The molecule has 0 aliphatic carbocycles. The summed E-state index contributed by atoms with van der Waals surface area (Å²) in [5.74, 6) is -0.693. The van der Waals surface area contributed by atoms with E-state index in [1.807, 2.05) is 24.3 Å². The van der Waals surface area contributed by atoms with Gasteiger partial charge in [-0.15, -0.1) is 0 Å². The molecule has 23 heavy (non-hydrogen) atoms. The number of fused-ring (bicyclic) bond motifs is 1. The maximum absolute atomic E-state index is 11.3. The Morgan fingerprint density at radius 3 is 2.30 bits per heavy atom. The lowest BCUT2D eigenvalue weighted by atomic mass is 9.98. The minimum absolute atomic E-state index is 0.00381. The number of benzene rings is 2. The Hall–Kier alpha value is -2.80. The number of nitrogens with two attached hydrogens (primary N) is 1. The van der Waals surface area contributed by atoms with Crippen molar-refractivity contribution in [3.8, 4) is 6.07 Å². The third-order valence-electron chi connectivity index (χ3n) is 4.12. The maximum Gasteiger partial charge on any atom is 0.259 e. The molecule has 0 spiro atoms. The Labute approximate surface area is 136 Å². The number of carbonyl (C=O) groups excluding carboxylic acids is 1. The summed E-state index contributed by atoms with van der Waals surface area (Å²) in [6.45, 7) is 7.95. The van der Waals surface area contributed by atoms with Crippen LogP contribution in [-0.4, -0.2) is 19.0 Å². The summed E-state index contributed by atoms with van der Waals surface area (Å²) in [5.41, 5.74) is 7.90. The van der Waals surface area contributed by atoms with Crippen LogP contribution in [0.1, 0.15) is 26.3 Å². The number of allylic oxidation sites excluding steroid dienone is 1. The number of rotatable bonds is 5. The smallest absolute Gasteiger partial charge is 0.259 e. The molecule has 0 fully saturated rings. The number of nitrogens with zero attached hydrogens (tertiary/aromatic N) is 2. The van der Waals surface area contributed by atoms with Crippen LogP contribution in [0, 0.1) is 11.3 Å². The third-order valence-corrected chi connectivity index (χ3v) is 4.12. The zero-order valence-electron chi connectivity index (χ0n) is 13.8. The second-order valence-electron chi connectivity index (χ2n) is 5.39. The second-order valence-corrected chi connectivity index (χ2v) is 5.39. The zero-order valence-corrected chi connectivity index (χ0v) is 13.8. The van der Waals surface area contributed by atoms with Crippen LogP contribution >= 0.6 is 0 Å². The first-order valence-electron chi connectivity index (χ1n) is 7.71. The number of nitriles is 1. The zero-order chi connectivity index (χ0) is 17.0. The fourth-order valence-electron chi connectivity index (χ4n) is 2.72. The van der Waals surface area contributed by atoms with E-state index in [0.717, 1.165) is 29.4 Å². The van der Waals surface area contributed by atoms with E-state index in [0.29, 0.717) is 5.57 Å². The average Bonchev–Trinajstić information content (AvgIpc) is 2.55. The first-order valence-corrected chi connectivity index (χ1v) is 7.71. The van der Waals surface area contributed by atoms with E-state index in [2.05, 4.69) is 36.9 Å². The van der Waals surface area contributed by atoms with Gasteiger partial charge in [-0.05, 0) is 60.9 Å². The summed E-state index contributed by atoms with van der Waals surface area (Å²) in [6.07, 6.45) is 0. The predicted octanol–water partition coefficient (Wildman–Crippen LogP) is 3.47. The Bertz CT molecular complexity index is 811. The molecule has 0 radical (unpaired) electrons. The Morgan fingerprint density at radius 2 is 1.74 bits per heavy atom. The Morgan fingerprint density at radius 1 is 1.13 bits per heavy atom. The van der Waals surface area contributed by atoms with Crippen LogP contribution in [0.5, 0.6) is 0 Å². The van der Waals surface area contributed by atoms with Crippen molar-refractivity contribution in [1.29, 1.82) is 5.26 Å². The molecule has 2 N–H and O–H groups in total. The summed E-state index contributed by atoms with van der Waals surface area (Å²) >= 11 is 0. The molecular weight excluding hydrogens is 286 g/mol. The molecule has 2 aromatic rings. The number of amides is 1. The lowest BCUT2D eigenvalue weighted by Gasteiger charge is -2.21. The van der Waals surface area contributed by atoms with Gasteiger partial charge in [-0.25, -0.2) is 0 Å². The van der Waals surface area contributed by atoms with Gasteiger partial charge < -0.3 is 10.6 Å². The minimum atomic E-state index is -0.693. The highest BCUT2D eigenvalue weighted by atomic mass is 16.1. The van der Waals surface area contributed by atoms with Gasteiger partial charge in [-0.2, -0.15) is 5.26 Å². The molecule has 4 heteroatoms. The summed E-state index contributed by atoms with van der Waals surface area (Å²) in [7, 11) is 0. The summed E-state index contributed by atoms with van der Waals surface area (Å²) in [4.78, 5) is 13.6. The summed E-state index contributed by atoms with van der Waals surface area (Å²) in [6, 6.07) is 14.1. The molecule has 118 valence electrons. The van der Waals surface area contributed by atoms with Gasteiger partial charge in [-0.3, -0.25) is 4.79 Å². The Kier molecular flexibility index (Phi) is 5.02. The van der Waals surface area contributed by atoms with Crippen LogP contribution in [0.15, 0.2) is 42.0 Å². The van der Waals surface area contributed by atoms with Crippen molar-refractivity contribution in [2.75, 3.05) is 18.0 Å². The van der Waals surface area contributed by atoms with Crippen LogP contribution in [0.3, 0.4) is 0 Å². The fraction of sp³-hybridized carbons (Fsp3) is 0.263. The van der Waals surface area contributed by atoms with E-state index in [1.54, 1.807) is 6.92 Å². The number of anilines is 1. The summed E-state index contributed by atoms with van der Waals surface area (Å²) in [5, 5.41) is 11.3. The molecule has 0 aliphatic heterocycles. The molecule has 1 amide bonds. The van der Waals surface area contributed by atoms with Gasteiger partial charge in [0.2, 0.25) is 0 Å². The van der Waals surface area contributed by atoms with Crippen LogP contribution in [0.4, 0.5) is 5.69 Å². The van der Waals surface area contributed by atoms with Crippen molar-refractivity contribution in [3.63, 3.8) is 0 Å². The van der Waals surface area contributed by atoms with Crippen molar-refractivity contribution in [2.45, 2.75) is 20.8 Å². The van der Waals surface area contributed by atoms with E-state index >= 15 is 0 Å². The molecule has 0 atom stereocenters.